The predicted octanol–water partition coefficient (Wildman–Crippen LogP) is 1.47. The molecule has 0 aromatic heterocycles. The molecule has 1 saturated heterocycles. The third-order valence-corrected chi connectivity index (χ3v) is 4.27. The van der Waals surface area contributed by atoms with Crippen molar-refractivity contribution in [2.75, 3.05) is 32.8 Å². The zero-order valence-corrected chi connectivity index (χ0v) is 11.4. The van der Waals surface area contributed by atoms with E-state index in [4.69, 9.17) is 0 Å². The van der Waals surface area contributed by atoms with Crippen LogP contribution in [-0.4, -0.2) is 48.8 Å². The highest BCUT2D eigenvalue weighted by Crippen LogP contribution is 2.44. The van der Waals surface area contributed by atoms with Crippen molar-refractivity contribution in [1.29, 1.82) is 0 Å². The van der Waals surface area contributed by atoms with Gasteiger partial charge in [-0.25, -0.2) is 0 Å². The van der Waals surface area contributed by atoms with E-state index in [0.29, 0.717) is 12.6 Å². The summed E-state index contributed by atoms with van der Waals surface area (Å²) in [5, 5.41) is 12.9. The first-order valence-corrected chi connectivity index (χ1v) is 7.20. The molecule has 0 radical (unpaired) electrons. The van der Waals surface area contributed by atoms with Crippen molar-refractivity contribution < 1.29 is 5.11 Å². The summed E-state index contributed by atoms with van der Waals surface area (Å²) in [5.74, 6) is 0.781. The van der Waals surface area contributed by atoms with Crippen LogP contribution >= 0.6 is 0 Å². The molecule has 1 heterocycles. The fraction of sp³-hybridized carbons (Fsp3) is 1.00. The van der Waals surface area contributed by atoms with Gasteiger partial charge in [-0.05, 0) is 44.7 Å². The van der Waals surface area contributed by atoms with E-state index >= 15 is 0 Å². The molecule has 2 aliphatic rings. The summed E-state index contributed by atoms with van der Waals surface area (Å²) >= 11 is 0. The SMILES string of the molecule is CC(C)CN1CCC(NCC2(CO)CC2)CC1. The Bertz CT molecular complexity index is 230. The first-order chi connectivity index (χ1) is 8.13. The Kier molecular flexibility index (Phi) is 4.45. The van der Waals surface area contributed by atoms with Crippen LogP contribution in [0.4, 0.5) is 0 Å². The maximum atomic E-state index is 9.28. The number of likely N-dealkylation sites (tertiary alicyclic amines) is 1. The number of nitrogens with one attached hydrogen (secondary N) is 1. The molecule has 2 fully saturated rings. The number of hydrogen-bond acceptors (Lipinski definition) is 3. The van der Waals surface area contributed by atoms with Gasteiger partial charge in [-0.3, -0.25) is 0 Å². The van der Waals surface area contributed by atoms with Crippen LogP contribution in [0.2, 0.25) is 0 Å². The highest BCUT2D eigenvalue weighted by Gasteiger charge is 2.41. The molecule has 0 spiro atoms. The number of rotatable bonds is 6. The minimum Gasteiger partial charge on any atom is -0.396 e. The molecule has 3 heteroatoms. The molecular weight excluding hydrogens is 212 g/mol. The summed E-state index contributed by atoms with van der Waals surface area (Å²) in [7, 11) is 0. The van der Waals surface area contributed by atoms with Crippen LogP contribution in [0.15, 0.2) is 0 Å². The van der Waals surface area contributed by atoms with E-state index in [1.165, 1.54) is 45.3 Å². The van der Waals surface area contributed by atoms with Gasteiger partial charge in [0.15, 0.2) is 0 Å². The average molecular weight is 240 g/mol. The zero-order valence-electron chi connectivity index (χ0n) is 11.4. The van der Waals surface area contributed by atoms with Gasteiger partial charge < -0.3 is 15.3 Å². The Morgan fingerprint density at radius 2 is 1.94 bits per heavy atom. The Labute approximate surface area is 106 Å². The molecular formula is C14H28N2O. The second-order valence-corrected chi connectivity index (χ2v) is 6.51. The van der Waals surface area contributed by atoms with Crippen LogP contribution < -0.4 is 5.32 Å². The van der Waals surface area contributed by atoms with Crippen molar-refractivity contribution in [3.05, 3.63) is 0 Å². The van der Waals surface area contributed by atoms with E-state index in [2.05, 4.69) is 24.1 Å². The van der Waals surface area contributed by atoms with E-state index < -0.39 is 0 Å². The van der Waals surface area contributed by atoms with Gasteiger partial charge in [0.05, 0.1) is 0 Å². The average Bonchev–Trinajstić information content (AvgIpc) is 3.08. The lowest BCUT2D eigenvalue weighted by atomic mass is 10.0. The van der Waals surface area contributed by atoms with Crippen molar-refractivity contribution in [3.63, 3.8) is 0 Å². The maximum absolute atomic E-state index is 9.28. The van der Waals surface area contributed by atoms with Crippen LogP contribution in [0, 0.1) is 11.3 Å². The van der Waals surface area contributed by atoms with E-state index in [1.807, 2.05) is 0 Å². The topological polar surface area (TPSA) is 35.5 Å². The Hall–Kier alpha value is -0.120. The lowest BCUT2D eigenvalue weighted by Crippen LogP contribution is -2.45. The summed E-state index contributed by atoms with van der Waals surface area (Å²) in [4.78, 5) is 2.59. The second kappa shape index (κ2) is 5.68. The molecule has 0 amide bonds. The van der Waals surface area contributed by atoms with E-state index in [-0.39, 0.29) is 5.41 Å². The molecule has 100 valence electrons. The van der Waals surface area contributed by atoms with Crippen molar-refractivity contribution >= 4 is 0 Å². The summed E-state index contributed by atoms with van der Waals surface area (Å²) < 4.78 is 0. The highest BCUT2D eigenvalue weighted by molar-refractivity contribution is 4.95. The predicted molar refractivity (Wildman–Crippen MR) is 71.1 cm³/mol. The Balaban J connectivity index is 1.62. The largest absolute Gasteiger partial charge is 0.396 e. The van der Waals surface area contributed by atoms with E-state index in [9.17, 15) is 5.11 Å². The molecule has 0 aromatic carbocycles. The summed E-state index contributed by atoms with van der Waals surface area (Å²) in [6, 6.07) is 0.683. The molecule has 1 aliphatic carbocycles. The summed E-state index contributed by atoms with van der Waals surface area (Å²) in [6.07, 6.45) is 4.97. The number of hydrogen-bond donors (Lipinski definition) is 2. The molecule has 0 unspecified atom stereocenters. The van der Waals surface area contributed by atoms with E-state index in [1.54, 1.807) is 0 Å². The molecule has 0 aromatic rings. The van der Waals surface area contributed by atoms with Gasteiger partial charge in [-0.15, -0.1) is 0 Å². The lowest BCUT2D eigenvalue weighted by molar-refractivity contribution is 0.164. The van der Waals surface area contributed by atoms with Crippen LogP contribution in [0.25, 0.3) is 0 Å². The van der Waals surface area contributed by atoms with Gasteiger partial charge in [0.1, 0.15) is 0 Å². The zero-order chi connectivity index (χ0) is 12.3. The minimum absolute atomic E-state index is 0.259. The Morgan fingerprint density at radius 1 is 1.29 bits per heavy atom. The van der Waals surface area contributed by atoms with Gasteiger partial charge in [-0.1, -0.05) is 13.8 Å². The normalized spacial score (nSPS) is 25.4. The molecule has 17 heavy (non-hydrogen) atoms. The smallest absolute Gasteiger partial charge is 0.0499 e. The quantitative estimate of drug-likeness (QED) is 0.738. The van der Waals surface area contributed by atoms with Crippen LogP contribution in [0.1, 0.15) is 39.5 Å². The monoisotopic (exact) mass is 240 g/mol. The number of nitrogens with zero attached hydrogens (tertiary/aromatic N) is 1. The second-order valence-electron chi connectivity index (χ2n) is 6.51. The number of aliphatic hydroxyl groups excluding tert-OH is 1. The van der Waals surface area contributed by atoms with Crippen molar-refractivity contribution in [2.24, 2.45) is 11.3 Å². The standard InChI is InChI=1S/C14H28N2O/c1-12(2)9-16-7-3-13(4-8-16)15-10-14(11-17)5-6-14/h12-13,15,17H,3-11H2,1-2H3. The molecule has 1 saturated carbocycles. The van der Waals surface area contributed by atoms with Gasteiger partial charge in [0.25, 0.3) is 0 Å². The molecule has 2 rings (SSSR count). The first-order valence-electron chi connectivity index (χ1n) is 7.20. The van der Waals surface area contributed by atoms with Gasteiger partial charge >= 0.3 is 0 Å². The van der Waals surface area contributed by atoms with Gasteiger partial charge in [0, 0.05) is 31.2 Å². The fourth-order valence-corrected chi connectivity index (χ4v) is 2.76. The number of piperidine rings is 1. The third kappa shape index (κ3) is 3.94. The van der Waals surface area contributed by atoms with Crippen molar-refractivity contribution in [1.82, 2.24) is 10.2 Å². The van der Waals surface area contributed by atoms with Crippen LogP contribution in [-0.2, 0) is 0 Å². The third-order valence-electron chi connectivity index (χ3n) is 4.27. The lowest BCUT2D eigenvalue weighted by Gasteiger charge is -2.34. The highest BCUT2D eigenvalue weighted by atomic mass is 16.3. The summed E-state index contributed by atoms with van der Waals surface area (Å²) in [6.45, 7) is 9.70. The first kappa shape index (κ1) is 13.3. The molecule has 1 aliphatic heterocycles. The van der Waals surface area contributed by atoms with Crippen molar-refractivity contribution in [2.45, 2.75) is 45.6 Å². The molecule has 3 nitrogen and oxygen atoms in total. The Morgan fingerprint density at radius 3 is 2.41 bits per heavy atom. The fourth-order valence-electron chi connectivity index (χ4n) is 2.76. The minimum atomic E-state index is 0.259. The van der Waals surface area contributed by atoms with Crippen LogP contribution in [0.5, 0.6) is 0 Å². The molecule has 2 N–H and O–H groups in total. The van der Waals surface area contributed by atoms with Gasteiger partial charge in [0.2, 0.25) is 0 Å². The van der Waals surface area contributed by atoms with E-state index in [0.717, 1.165) is 12.5 Å². The maximum Gasteiger partial charge on any atom is 0.0499 e. The van der Waals surface area contributed by atoms with Crippen LogP contribution in [0.3, 0.4) is 0 Å². The number of aliphatic hydroxyl groups is 1. The molecule has 0 atom stereocenters. The van der Waals surface area contributed by atoms with Crippen molar-refractivity contribution in [3.8, 4) is 0 Å². The summed E-state index contributed by atoms with van der Waals surface area (Å²) in [5.41, 5.74) is 0.259. The molecule has 0 bridgehead atoms. The van der Waals surface area contributed by atoms with Gasteiger partial charge in [-0.2, -0.15) is 0 Å².